The van der Waals surface area contributed by atoms with Crippen molar-refractivity contribution >= 4 is 56.3 Å². The van der Waals surface area contributed by atoms with Crippen molar-refractivity contribution in [1.82, 2.24) is 9.13 Å². The molecule has 1 aliphatic rings. The monoisotopic (exact) mass is 614 g/mol. The zero-order valence-electron chi connectivity index (χ0n) is 14.6. The lowest BCUT2D eigenvalue weighted by Gasteiger charge is -2.25. The number of nitrogens with zero attached hydrogens (tertiary/aromatic N) is 2. The summed E-state index contributed by atoms with van der Waals surface area (Å²) in [6.07, 6.45) is 0. The minimum Gasteiger partial charge on any atom is -0.343 e. The van der Waals surface area contributed by atoms with E-state index in [1.54, 1.807) is 14.1 Å². The summed E-state index contributed by atoms with van der Waals surface area (Å²) in [6.45, 7) is 2.88. The van der Waals surface area contributed by atoms with E-state index < -0.39 is 28.9 Å². The molecule has 27 heavy (non-hydrogen) atoms. The number of alkyl halides is 6. The van der Waals surface area contributed by atoms with E-state index in [-0.39, 0.29) is 22.5 Å². The van der Waals surface area contributed by atoms with Gasteiger partial charge in [-0.2, -0.15) is 26.3 Å². The molecule has 0 amide bonds. The van der Waals surface area contributed by atoms with Gasteiger partial charge in [0, 0.05) is 47.8 Å². The van der Waals surface area contributed by atoms with Crippen LogP contribution in [0.25, 0.3) is 11.1 Å². The lowest BCUT2D eigenvalue weighted by Crippen LogP contribution is -2.49. The van der Waals surface area contributed by atoms with Gasteiger partial charge in [0.05, 0.1) is 7.40 Å². The van der Waals surface area contributed by atoms with Crippen molar-refractivity contribution in [3.05, 3.63) is 42.0 Å². The molecule has 3 rings (SSSR count). The molecule has 0 unspecified atom stereocenters. The number of hydrogen-bond donors (Lipinski definition) is 0. The molecule has 2 heterocycles. The Labute approximate surface area is 178 Å². The first kappa shape index (κ1) is 21.1. The molecule has 0 atom stereocenters. The van der Waals surface area contributed by atoms with Gasteiger partial charge in [0.15, 0.2) is 0 Å². The molecule has 1 aliphatic carbocycles. The van der Waals surface area contributed by atoms with Gasteiger partial charge in [0.2, 0.25) is 0 Å². The van der Waals surface area contributed by atoms with Crippen LogP contribution in [-0.4, -0.2) is 26.9 Å². The predicted octanol–water partition coefficient (Wildman–Crippen LogP) is 6.02. The van der Waals surface area contributed by atoms with Crippen LogP contribution < -0.4 is 0 Å². The van der Waals surface area contributed by atoms with E-state index in [1.807, 2.05) is 45.2 Å². The first-order chi connectivity index (χ1) is 12.2. The Bertz CT molecular complexity index is 908. The average Bonchev–Trinajstić information content (AvgIpc) is 2.99. The van der Waals surface area contributed by atoms with Crippen LogP contribution in [0, 0.1) is 21.2 Å². The van der Waals surface area contributed by atoms with E-state index in [0.29, 0.717) is 7.40 Å². The van der Waals surface area contributed by atoms with Crippen molar-refractivity contribution < 1.29 is 26.3 Å². The lowest BCUT2D eigenvalue weighted by molar-refractivity contribution is -0.254. The summed E-state index contributed by atoms with van der Waals surface area (Å²) >= 11 is 3.68. The predicted molar refractivity (Wildman–Crippen MR) is 107 cm³/mol. The molecule has 2 aromatic rings. The van der Waals surface area contributed by atoms with Crippen LogP contribution in [0.3, 0.4) is 0 Å². The van der Waals surface area contributed by atoms with Crippen molar-refractivity contribution in [3.8, 4) is 0 Å². The lowest BCUT2D eigenvalue weighted by atomic mass is 9.95. The average molecular weight is 614 g/mol. The topological polar surface area (TPSA) is 9.86 Å². The molecule has 0 N–H and O–H groups in total. The van der Waals surface area contributed by atoms with E-state index in [9.17, 15) is 26.3 Å². The summed E-state index contributed by atoms with van der Waals surface area (Å²) in [7, 11) is 3.11. The fraction of sp³-hybridized carbons (Fsp3) is 0.412. The first-order valence-electron chi connectivity index (χ1n) is 7.71. The maximum atomic E-state index is 14.8. The van der Waals surface area contributed by atoms with Crippen LogP contribution in [0.5, 0.6) is 0 Å². The Balaban J connectivity index is 2.50. The summed E-state index contributed by atoms with van der Waals surface area (Å²) in [5.41, 5.74) is -2.78. The van der Waals surface area contributed by atoms with Crippen LogP contribution in [0.2, 0.25) is 0 Å². The van der Waals surface area contributed by atoms with Gasteiger partial charge in [-0.25, -0.2) is 0 Å². The van der Waals surface area contributed by atoms with Gasteiger partial charge < -0.3 is 9.13 Å². The fourth-order valence-electron chi connectivity index (χ4n) is 3.26. The molecule has 0 fully saturated rings. The van der Waals surface area contributed by atoms with Crippen LogP contribution >= 0.6 is 45.2 Å². The summed E-state index contributed by atoms with van der Waals surface area (Å²) in [5.74, 6) is -15.6. The summed E-state index contributed by atoms with van der Waals surface area (Å²) < 4.78 is 91.5. The van der Waals surface area contributed by atoms with E-state index in [4.69, 9.17) is 0 Å². The number of allylic oxidation sites excluding steroid dienone is 2. The molecular weight excluding hydrogens is 600 g/mol. The van der Waals surface area contributed by atoms with Crippen molar-refractivity contribution in [2.45, 2.75) is 31.6 Å². The van der Waals surface area contributed by atoms with Gasteiger partial charge in [-0.05, 0) is 71.2 Å². The third-order valence-electron chi connectivity index (χ3n) is 5.16. The highest BCUT2D eigenvalue weighted by atomic mass is 127. The molecule has 0 radical (unpaired) electrons. The minimum atomic E-state index is -5.54. The van der Waals surface area contributed by atoms with Gasteiger partial charge in [-0.1, -0.05) is 0 Å². The van der Waals surface area contributed by atoms with E-state index in [0.717, 1.165) is 0 Å². The Morgan fingerprint density at radius 3 is 1.22 bits per heavy atom. The smallest absolute Gasteiger partial charge is 0.343 e. The van der Waals surface area contributed by atoms with E-state index in [2.05, 4.69) is 0 Å². The Morgan fingerprint density at radius 2 is 1.00 bits per heavy atom. The second-order valence-electron chi connectivity index (χ2n) is 6.52. The van der Waals surface area contributed by atoms with Crippen LogP contribution in [0.15, 0.2) is 12.1 Å². The van der Waals surface area contributed by atoms with E-state index >= 15 is 0 Å². The van der Waals surface area contributed by atoms with Crippen molar-refractivity contribution in [1.29, 1.82) is 0 Å². The third kappa shape index (κ3) is 2.57. The first-order valence-corrected chi connectivity index (χ1v) is 9.86. The highest BCUT2D eigenvalue weighted by molar-refractivity contribution is 14.1. The Morgan fingerprint density at radius 1 is 0.704 bits per heavy atom. The fourth-order valence-corrected chi connectivity index (χ4v) is 4.61. The number of aromatic nitrogens is 2. The van der Waals surface area contributed by atoms with Crippen LogP contribution in [0.1, 0.15) is 22.5 Å². The standard InChI is InChI=1S/C17H14F6I2N2/c1-7-9(5-11(24)26(7)3)13-14(10-6-12(25)27(4)8(10)2)16(20,21)17(22,23)15(13,18)19/h5-6H,1-4H3. The van der Waals surface area contributed by atoms with Crippen molar-refractivity contribution in [2.24, 2.45) is 14.1 Å². The van der Waals surface area contributed by atoms with Gasteiger partial charge in [0.1, 0.15) is 0 Å². The second-order valence-corrected chi connectivity index (χ2v) is 8.73. The molecule has 0 saturated carbocycles. The van der Waals surface area contributed by atoms with Crippen molar-refractivity contribution in [3.63, 3.8) is 0 Å². The van der Waals surface area contributed by atoms with Gasteiger partial charge in [0.25, 0.3) is 0 Å². The molecule has 0 bridgehead atoms. The van der Waals surface area contributed by atoms with Crippen molar-refractivity contribution in [2.75, 3.05) is 0 Å². The molecular formula is C17H14F6I2N2. The molecule has 0 spiro atoms. The summed E-state index contributed by atoms with van der Waals surface area (Å²) in [5, 5.41) is 0. The van der Waals surface area contributed by atoms with Crippen LogP contribution in [-0.2, 0) is 14.1 Å². The summed E-state index contributed by atoms with van der Waals surface area (Å²) in [4.78, 5) is 0. The highest BCUT2D eigenvalue weighted by Gasteiger charge is 2.80. The molecule has 0 aromatic carbocycles. The zero-order chi connectivity index (χ0) is 20.7. The number of hydrogen-bond acceptors (Lipinski definition) is 0. The summed E-state index contributed by atoms with van der Waals surface area (Å²) in [6, 6.07) is 2.47. The minimum absolute atomic E-state index is 0.211. The molecule has 148 valence electrons. The molecule has 2 aromatic heterocycles. The largest absolute Gasteiger partial charge is 0.380 e. The normalized spacial score (nSPS) is 20.6. The highest BCUT2D eigenvalue weighted by Crippen LogP contribution is 2.65. The zero-order valence-corrected chi connectivity index (χ0v) is 18.9. The molecule has 2 nitrogen and oxygen atoms in total. The van der Waals surface area contributed by atoms with E-state index in [1.165, 1.54) is 35.1 Å². The maximum absolute atomic E-state index is 14.8. The van der Waals surface area contributed by atoms with Gasteiger partial charge >= 0.3 is 17.8 Å². The molecule has 0 saturated heterocycles. The SMILES string of the molecule is Cc1c(C2=C(c3cc(I)n(C)c3C)C(F)(F)C(F)(F)C2(F)F)cc(I)n1C. The molecule has 0 aliphatic heterocycles. The Hall–Kier alpha value is -0.660. The quantitative estimate of drug-likeness (QED) is 0.290. The Kier molecular flexibility index (Phi) is 4.81. The van der Waals surface area contributed by atoms with Gasteiger partial charge in [-0.3, -0.25) is 0 Å². The number of rotatable bonds is 2. The number of halogens is 8. The maximum Gasteiger partial charge on any atom is 0.380 e. The third-order valence-corrected chi connectivity index (χ3v) is 7.23. The van der Waals surface area contributed by atoms with Crippen LogP contribution in [0.4, 0.5) is 26.3 Å². The van der Waals surface area contributed by atoms with Gasteiger partial charge in [-0.15, -0.1) is 0 Å². The molecule has 10 heteroatoms. The second kappa shape index (κ2) is 6.17.